The second kappa shape index (κ2) is 7.24. The van der Waals surface area contributed by atoms with E-state index in [1.165, 1.54) is 5.56 Å². The topological polar surface area (TPSA) is 53.5 Å². The molecule has 0 aromatic heterocycles. The van der Waals surface area contributed by atoms with Crippen LogP contribution in [-0.2, 0) is 4.79 Å². The van der Waals surface area contributed by atoms with E-state index >= 15 is 0 Å². The molecule has 0 spiro atoms. The highest BCUT2D eigenvalue weighted by Crippen LogP contribution is 2.07. The maximum absolute atomic E-state index is 11.7. The van der Waals surface area contributed by atoms with Gasteiger partial charge in [0.25, 0.3) is 5.91 Å². The molecule has 2 aromatic carbocycles. The number of hydrazone groups is 1. The van der Waals surface area contributed by atoms with Crippen LogP contribution in [0.15, 0.2) is 53.6 Å². The largest absolute Gasteiger partial charge is 0.376 e. The van der Waals surface area contributed by atoms with Gasteiger partial charge in [0.2, 0.25) is 0 Å². The molecule has 1 amide bonds. The van der Waals surface area contributed by atoms with Crippen LogP contribution < -0.4 is 10.7 Å². The monoisotopic (exact) mass is 281 g/mol. The summed E-state index contributed by atoms with van der Waals surface area (Å²) in [4.78, 5) is 11.7. The van der Waals surface area contributed by atoms with Crippen LogP contribution in [0, 0.1) is 13.8 Å². The number of hydrogen-bond acceptors (Lipinski definition) is 3. The van der Waals surface area contributed by atoms with Crippen molar-refractivity contribution in [3.8, 4) is 0 Å². The Morgan fingerprint density at radius 2 is 1.86 bits per heavy atom. The Balaban J connectivity index is 1.78. The zero-order valence-electron chi connectivity index (χ0n) is 12.3. The smallest absolute Gasteiger partial charge is 0.259 e. The minimum Gasteiger partial charge on any atom is -0.376 e. The number of hydrogen-bond donors (Lipinski definition) is 2. The van der Waals surface area contributed by atoms with E-state index in [2.05, 4.69) is 15.8 Å². The lowest BCUT2D eigenvalue weighted by molar-refractivity contribution is -0.119. The summed E-state index contributed by atoms with van der Waals surface area (Å²) in [5.74, 6) is -0.181. The van der Waals surface area contributed by atoms with Crippen LogP contribution in [0.1, 0.15) is 16.7 Å². The molecule has 2 rings (SSSR count). The Bertz CT molecular complexity index is 633. The highest BCUT2D eigenvalue weighted by Gasteiger charge is 1.99. The number of nitrogens with zero attached hydrogens (tertiary/aromatic N) is 1. The highest BCUT2D eigenvalue weighted by atomic mass is 16.2. The summed E-state index contributed by atoms with van der Waals surface area (Å²) in [6, 6.07) is 15.8. The highest BCUT2D eigenvalue weighted by molar-refractivity contribution is 5.84. The second-order valence-corrected chi connectivity index (χ2v) is 4.93. The molecule has 4 heteroatoms. The van der Waals surface area contributed by atoms with Crippen LogP contribution in [0.5, 0.6) is 0 Å². The van der Waals surface area contributed by atoms with Crippen molar-refractivity contribution in [2.75, 3.05) is 11.9 Å². The number of carbonyl (C=O) groups is 1. The fourth-order valence-corrected chi connectivity index (χ4v) is 1.82. The average molecular weight is 281 g/mol. The molecule has 21 heavy (non-hydrogen) atoms. The molecule has 0 bridgehead atoms. The van der Waals surface area contributed by atoms with Gasteiger partial charge in [-0.3, -0.25) is 4.79 Å². The van der Waals surface area contributed by atoms with Gasteiger partial charge >= 0.3 is 0 Å². The van der Waals surface area contributed by atoms with Crippen molar-refractivity contribution < 1.29 is 4.79 Å². The van der Waals surface area contributed by atoms with Crippen molar-refractivity contribution in [3.05, 3.63) is 65.2 Å². The lowest BCUT2D eigenvalue weighted by atomic mass is 10.2. The summed E-state index contributed by atoms with van der Waals surface area (Å²) < 4.78 is 0. The Morgan fingerprint density at radius 3 is 2.57 bits per heavy atom. The molecule has 0 aliphatic heterocycles. The minimum absolute atomic E-state index is 0.181. The minimum atomic E-state index is -0.181. The third kappa shape index (κ3) is 5.10. The molecule has 0 radical (unpaired) electrons. The summed E-state index contributed by atoms with van der Waals surface area (Å²) in [5, 5.41) is 6.99. The van der Waals surface area contributed by atoms with Crippen LogP contribution in [0.3, 0.4) is 0 Å². The predicted octanol–water partition coefficient (Wildman–Crippen LogP) is 2.87. The van der Waals surface area contributed by atoms with Gasteiger partial charge < -0.3 is 5.32 Å². The number of aryl methyl sites for hydroxylation is 2. The molecule has 2 N–H and O–H groups in total. The Labute approximate surface area is 124 Å². The van der Waals surface area contributed by atoms with E-state index in [0.717, 1.165) is 16.8 Å². The van der Waals surface area contributed by atoms with Crippen molar-refractivity contribution in [1.82, 2.24) is 5.43 Å². The molecule has 0 saturated carbocycles. The molecule has 0 fully saturated rings. The molecule has 4 nitrogen and oxygen atoms in total. The van der Waals surface area contributed by atoms with E-state index < -0.39 is 0 Å². The van der Waals surface area contributed by atoms with Crippen molar-refractivity contribution in [3.63, 3.8) is 0 Å². The molecule has 0 unspecified atom stereocenters. The number of anilines is 1. The van der Waals surface area contributed by atoms with E-state index in [1.807, 2.05) is 62.4 Å². The van der Waals surface area contributed by atoms with Crippen molar-refractivity contribution in [2.24, 2.45) is 5.10 Å². The van der Waals surface area contributed by atoms with Gasteiger partial charge in [-0.2, -0.15) is 5.10 Å². The van der Waals surface area contributed by atoms with E-state index in [-0.39, 0.29) is 12.5 Å². The van der Waals surface area contributed by atoms with Gasteiger partial charge in [-0.1, -0.05) is 47.5 Å². The first-order valence-corrected chi connectivity index (χ1v) is 6.82. The predicted molar refractivity (Wildman–Crippen MR) is 86.6 cm³/mol. The zero-order chi connectivity index (χ0) is 15.1. The van der Waals surface area contributed by atoms with Gasteiger partial charge in [-0.25, -0.2) is 5.43 Å². The molecule has 0 saturated heterocycles. The summed E-state index contributed by atoms with van der Waals surface area (Å²) >= 11 is 0. The SMILES string of the molecule is Cc1ccc(NCC(=O)N/N=C/c2cccc(C)c2)cc1. The number of carbonyl (C=O) groups excluding carboxylic acids is 1. The average Bonchev–Trinajstić information content (AvgIpc) is 2.47. The molecule has 0 aliphatic carbocycles. The van der Waals surface area contributed by atoms with E-state index in [1.54, 1.807) is 6.21 Å². The third-order valence-electron chi connectivity index (χ3n) is 2.95. The van der Waals surface area contributed by atoms with Crippen LogP contribution in [0.2, 0.25) is 0 Å². The lowest BCUT2D eigenvalue weighted by Gasteiger charge is -2.05. The fraction of sp³-hybridized carbons (Fsp3) is 0.176. The van der Waals surface area contributed by atoms with E-state index in [4.69, 9.17) is 0 Å². The quantitative estimate of drug-likeness (QED) is 0.654. The number of amides is 1. The van der Waals surface area contributed by atoms with Crippen LogP contribution in [0.25, 0.3) is 0 Å². The number of rotatable bonds is 5. The Kier molecular flexibility index (Phi) is 5.10. The third-order valence-corrected chi connectivity index (χ3v) is 2.95. The Hall–Kier alpha value is -2.62. The van der Waals surface area contributed by atoms with Crippen LogP contribution >= 0.6 is 0 Å². The van der Waals surface area contributed by atoms with E-state index in [0.29, 0.717) is 0 Å². The molecule has 2 aromatic rings. The van der Waals surface area contributed by atoms with Gasteiger partial charge in [0.1, 0.15) is 0 Å². The number of nitrogens with one attached hydrogen (secondary N) is 2. The van der Waals surface area contributed by atoms with Gasteiger partial charge in [-0.05, 0) is 31.5 Å². The standard InChI is InChI=1S/C17H19N3O/c1-13-6-8-16(9-7-13)18-12-17(21)20-19-11-15-5-3-4-14(2)10-15/h3-11,18H,12H2,1-2H3,(H,20,21)/b19-11+. The Morgan fingerprint density at radius 1 is 1.10 bits per heavy atom. The van der Waals surface area contributed by atoms with Gasteiger partial charge in [0, 0.05) is 5.69 Å². The number of benzene rings is 2. The zero-order valence-corrected chi connectivity index (χ0v) is 12.3. The molecular weight excluding hydrogens is 262 g/mol. The fourth-order valence-electron chi connectivity index (χ4n) is 1.82. The first kappa shape index (κ1) is 14.8. The molecule has 0 atom stereocenters. The molecule has 0 aliphatic rings. The van der Waals surface area contributed by atoms with Crippen molar-refractivity contribution >= 4 is 17.8 Å². The van der Waals surface area contributed by atoms with Gasteiger partial charge in [0.05, 0.1) is 12.8 Å². The van der Waals surface area contributed by atoms with Gasteiger partial charge in [0.15, 0.2) is 0 Å². The first-order valence-electron chi connectivity index (χ1n) is 6.82. The van der Waals surface area contributed by atoms with Crippen LogP contribution in [-0.4, -0.2) is 18.7 Å². The normalized spacial score (nSPS) is 10.6. The van der Waals surface area contributed by atoms with E-state index in [9.17, 15) is 4.79 Å². The summed E-state index contributed by atoms with van der Waals surface area (Å²) in [5.41, 5.74) is 6.72. The maximum Gasteiger partial charge on any atom is 0.259 e. The molecule has 108 valence electrons. The molecule has 0 heterocycles. The van der Waals surface area contributed by atoms with Gasteiger partial charge in [-0.15, -0.1) is 0 Å². The summed E-state index contributed by atoms with van der Waals surface area (Å²) in [6.45, 7) is 4.23. The first-order chi connectivity index (χ1) is 10.1. The maximum atomic E-state index is 11.7. The van der Waals surface area contributed by atoms with Crippen LogP contribution in [0.4, 0.5) is 5.69 Å². The molecular formula is C17H19N3O. The summed E-state index contributed by atoms with van der Waals surface area (Å²) in [7, 11) is 0. The second-order valence-electron chi connectivity index (χ2n) is 4.93. The summed E-state index contributed by atoms with van der Waals surface area (Å²) in [6.07, 6.45) is 1.64. The van der Waals surface area contributed by atoms with Crippen molar-refractivity contribution in [2.45, 2.75) is 13.8 Å². The van der Waals surface area contributed by atoms with Crippen molar-refractivity contribution in [1.29, 1.82) is 0 Å². The lowest BCUT2D eigenvalue weighted by Crippen LogP contribution is -2.25.